The molecule has 180 valence electrons. The van der Waals surface area contributed by atoms with Gasteiger partial charge in [-0.05, 0) is 42.9 Å². The standard InChI is InChI=1S/C28H26O5S2/c29-35(30,31)20-8-18-33-28-22-25(15-13-23-9-3-1-4-10-23)27(32-17-7-19-34)21-26(28)16-14-24-11-5-2-6-12-24/h1-6,9-12,21-22,34H,7-8,17-20H2,(H,29,30,31). The van der Waals surface area contributed by atoms with Crippen LogP contribution < -0.4 is 9.47 Å². The summed E-state index contributed by atoms with van der Waals surface area (Å²) in [5.74, 6) is 13.9. The van der Waals surface area contributed by atoms with Gasteiger partial charge in [0.15, 0.2) is 0 Å². The smallest absolute Gasteiger partial charge is 0.264 e. The summed E-state index contributed by atoms with van der Waals surface area (Å²) >= 11 is 4.25. The second kappa shape index (κ2) is 13.5. The van der Waals surface area contributed by atoms with E-state index in [1.54, 1.807) is 12.1 Å². The Hall–Kier alpha value is -3.36. The summed E-state index contributed by atoms with van der Waals surface area (Å²) in [6, 6.07) is 22.7. The lowest BCUT2D eigenvalue weighted by Gasteiger charge is -2.13. The molecule has 0 bridgehead atoms. The summed E-state index contributed by atoms with van der Waals surface area (Å²) in [6.45, 7) is 0.564. The molecule has 0 fully saturated rings. The van der Waals surface area contributed by atoms with Crippen LogP contribution >= 0.6 is 12.6 Å². The molecule has 5 nitrogen and oxygen atoms in total. The van der Waals surface area contributed by atoms with Crippen LogP contribution in [0.15, 0.2) is 72.8 Å². The van der Waals surface area contributed by atoms with Crippen molar-refractivity contribution in [2.45, 2.75) is 12.8 Å². The lowest BCUT2D eigenvalue weighted by Crippen LogP contribution is -2.09. The fraction of sp³-hybridized carbons (Fsp3) is 0.214. The minimum Gasteiger partial charge on any atom is -0.492 e. The highest BCUT2D eigenvalue weighted by Gasteiger charge is 2.12. The van der Waals surface area contributed by atoms with Gasteiger partial charge in [0, 0.05) is 23.3 Å². The summed E-state index contributed by atoms with van der Waals surface area (Å²) in [7, 11) is -4.06. The zero-order chi connectivity index (χ0) is 24.9. The van der Waals surface area contributed by atoms with Crippen LogP contribution in [0, 0.1) is 23.7 Å². The molecule has 0 saturated carbocycles. The van der Waals surface area contributed by atoms with Crippen LogP contribution in [0.3, 0.4) is 0 Å². The molecule has 35 heavy (non-hydrogen) atoms. The van der Waals surface area contributed by atoms with Gasteiger partial charge in [-0.25, -0.2) is 0 Å². The largest absolute Gasteiger partial charge is 0.492 e. The van der Waals surface area contributed by atoms with Crippen molar-refractivity contribution in [3.63, 3.8) is 0 Å². The van der Waals surface area contributed by atoms with E-state index in [1.165, 1.54) is 0 Å². The maximum absolute atomic E-state index is 11.1. The number of ether oxygens (including phenoxy) is 2. The van der Waals surface area contributed by atoms with E-state index in [2.05, 4.69) is 36.3 Å². The quantitative estimate of drug-likeness (QED) is 0.188. The number of hydrogen-bond acceptors (Lipinski definition) is 5. The number of benzene rings is 3. The summed E-state index contributed by atoms with van der Waals surface area (Å²) in [4.78, 5) is 0. The van der Waals surface area contributed by atoms with Crippen molar-refractivity contribution in [3.8, 4) is 35.2 Å². The monoisotopic (exact) mass is 506 g/mol. The van der Waals surface area contributed by atoms with Crippen LogP contribution in [0.4, 0.5) is 0 Å². The number of thiol groups is 1. The van der Waals surface area contributed by atoms with E-state index >= 15 is 0 Å². The van der Waals surface area contributed by atoms with E-state index in [9.17, 15) is 8.42 Å². The minimum atomic E-state index is -4.06. The molecule has 0 heterocycles. The zero-order valence-electron chi connectivity index (χ0n) is 19.1. The predicted octanol–water partition coefficient (Wildman–Crippen LogP) is 4.84. The van der Waals surface area contributed by atoms with E-state index in [-0.39, 0.29) is 18.8 Å². The molecule has 3 aromatic carbocycles. The van der Waals surface area contributed by atoms with Gasteiger partial charge in [0.25, 0.3) is 10.1 Å². The molecule has 0 amide bonds. The van der Waals surface area contributed by atoms with Crippen molar-refractivity contribution in [2.24, 2.45) is 0 Å². The van der Waals surface area contributed by atoms with Gasteiger partial charge >= 0.3 is 0 Å². The molecular weight excluding hydrogens is 480 g/mol. The Kier molecular flexibility index (Phi) is 10.1. The molecule has 0 radical (unpaired) electrons. The fourth-order valence-corrected chi connectivity index (χ4v) is 3.60. The second-order valence-corrected chi connectivity index (χ2v) is 9.51. The highest BCUT2D eigenvalue weighted by atomic mass is 32.2. The molecule has 0 aliphatic heterocycles. The average Bonchev–Trinajstić information content (AvgIpc) is 2.86. The van der Waals surface area contributed by atoms with E-state index in [0.717, 1.165) is 17.5 Å². The molecule has 0 atom stereocenters. The van der Waals surface area contributed by atoms with Crippen molar-refractivity contribution < 1.29 is 22.4 Å². The number of rotatable bonds is 9. The van der Waals surface area contributed by atoms with Gasteiger partial charge in [0.2, 0.25) is 0 Å². The van der Waals surface area contributed by atoms with Crippen molar-refractivity contribution >= 4 is 22.7 Å². The van der Waals surface area contributed by atoms with Gasteiger partial charge in [0.1, 0.15) is 11.5 Å². The Morgan fingerprint density at radius 1 is 0.714 bits per heavy atom. The first-order chi connectivity index (χ1) is 16.9. The van der Waals surface area contributed by atoms with Gasteiger partial charge in [-0.3, -0.25) is 4.55 Å². The Bertz CT molecular complexity index is 1330. The van der Waals surface area contributed by atoms with Gasteiger partial charge in [-0.1, -0.05) is 60.1 Å². The molecule has 0 saturated heterocycles. The molecule has 0 aliphatic rings. The lowest BCUT2D eigenvalue weighted by atomic mass is 10.1. The molecule has 0 aliphatic carbocycles. The zero-order valence-corrected chi connectivity index (χ0v) is 20.8. The van der Waals surface area contributed by atoms with Gasteiger partial charge in [0.05, 0.1) is 30.1 Å². The average molecular weight is 507 g/mol. The molecule has 3 rings (SSSR count). The maximum Gasteiger partial charge on any atom is 0.264 e. The van der Waals surface area contributed by atoms with E-state index in [1.807, 2.05) is 60.7 Å². The third kappa shape index (κ3) is 9.42. The summed E-state index contributed by atoms with van der Waals surface area (Å²) in [6.07, 6.45) is 0.906. The van der Waals surface area contributed by atoms with Crippen LogP contribution in [-0.2, 0) is 10.1 Å². The van der Waals surface area contributed by atoms with Crippen LogP contribution in [-0.4, -0.2) is 37.7 Å². The van der Waals surface area contributed by atoms with Crippen molar-refractivity contribution in [2.75, 3.05) is 24.7 Å². The first kappa shape index (κ1) is 26.2. The molecule has 0 aromatic heterocycles. The molecule has 0 unspecified atom stereocenters. The van der Waals surface area contributed by atoms with E-state index < -0.39 is 10.1 Å². The van der Waals surface area contributed by atoms with Gasteiger partial charge < -0.3 is 9.47 Å². The third-order valence-corrected chi connectivity index (χ3v) is 5.80. The Labute approximate surface area is 212 Å². The molecule has 0 spiro atoms. The van der Waals surface area contributed by atoms with Crippen LogP contribution in [0.5, 0.6) is 11.5 Å². The first-order valence-corrected chi connectivity index (χ1v) is 13.3. The summed E-state index contributed by atoms with van der Waals surface area (Å²) in [5, 5.41) is 0. The normalized spacial score (nSPS) is 10.5. The lowest BCUT2D eigenvalue weighted by molar-refractivity contribution is 0.307. The van der Waals surface area contributed by atoms with E-state index in [0.29, 0.717) is 35.0 Å². The van der Waals surface area contributed by atoms with E-state index in [4.69, 9.17) is 14.0 Å². The van der Waals surface area contributed by atoms with Crippen molar-refractivity contribution in [1.82, 2.24) is 0 Å². The van der Waals surface area contributed by atoms with Crippen LogP contribution in [0.25, 0.3) is 0 Å². The molecule has 7 heteroatoms. The highest BCUT2D eigenvalue weighted by molar-refractivity contribution is 7.85. The number of hydrogen-bond donors (Lipinski definition) is 2. The van der Waals surface area contributed by atoms with Crippen LogP contribution in [0.1, 0.15) is 35.1 Å². The van der Waals surface area contributed by atoms with Crippen molar-refractivity contribution in [1.29, 1.82) is 0 Å². The van der Waals surface area contributed by atoms with Gasteiger partial charge in [-0.15, -0.1) is 0 Å². The fourth-order valence-electron chi connectivity index (χ4n) is 2.99. The Morgan fingerprint density at radius 3 is 1.60 bits per heavy atom. The topological polar surface area (TPSA) is 72.8 Å². The maximum atomic E-state index is 11.1. The molecule has 1 N–H and O–H groups in total. The van der Waals surface area contributed by atoms with Crippen molar-refractivity contribution in [3.05, 3.63) is 95.1 Å². The third-order valence-electron chi connectivity index (χ3n) is 4.68. The minimum absolute atomic E-state index is 0.0885. The first-order valence-electron chi connectivity index (χ1n) is 11.1. The second-order valence-electron chi connectivity index (χ2n) is 7.49. The summed E-state index contributed by atoms with van der Waals surface area (Å²) < 4.78 is 43.0. The highest BCUT2D eigenvalue weighted by Crippen LogP contribution is 2.29. The Morgan fingerprint density at radius 2 is 1.17 bits per heavy atom. The predicted molar refractivity (Wildman–Crippen MR) is 142 cm³/mol. The summed E-state index contributed by atoms with van der Waals surface area (Å²) in [5.41, 5.74) is 2.92. The Balaban J connectivity index is 1.98. The molecular formula is C28H26O5S2. The molecule has 3 aromatic rings. The van der Waals surface area contributed by atoms with Crippen LogP contribution in [0.2, 0.25) is 0 Å². The SMILES string of the molecule is O=S(=O)(O)CCCOc1cc(C#Cc2ccccc2)c(OCCCS)cc1C#Cc1ccccc1. The van der Waals surface area contributed by atoms with Gasteiger partial charge in [-0.2, -0.15) is 21.0 Å².